The molecule has 2 N–H and O–H groups in total. The molecule has 3 aliphatic rings. The van der Waals surface area contributed by atoms with E-state index in [1.54, 1.807) is 0 Å². The molecule has 0 spiro atoms. The van der Waals surface area contributed by atoms with Crippen LogP contribution in [0.15, 0.2) is 24.3 Å². The van der Waals surface area contributed by atoms with E-state index in [4.69, 9.17) is 9.47 Å². The normalized spacial score (nSPS) is 19.8. The van der Waals surface area contributed by atoms with Gasteiger partial charge >= 0.3 is 0 Å². The third-order valence-electron chi connectivity index (χ3n) is 8.35. The fraction of sp³-hybridized carbons (Fsp3) is 0.600. The van der Waals surface area contributed by atoms with E-state index >= 15 is 0 Å². The highest BCUT2D eigenvalue weighted by Crippen LogP contribution is 2.48. The Kier molecular flexibility index (Phi) is 7.87. The van der Waals surface area contributed by atoms with Crippen molar-refractivity contribution < 1.29 is 19.7 Å². The summed E-state index contributed by atoms with van der Waals surface area (Å²) in [6, 6.07) is 9.59. The molecule has 0 atom stereocenters. The molecule has 2 heterocycles. The molecule has 36 heavy (non-hydrogen) atoms. The summed E-state index contributed by atoms with van der Waals surface area (Å²) in [5.74, 6) is 2.08. The number of hydrogen-bond donors (Lipinski definition) is 2. The van der Waals surface area contributed by atoms with Crippen LogP contribution in [0.2, 0.25) is 0 Å². The van der Waals surface area contributed by atoms with Gasteiger partial charge in [-0.2, -0.15) is 0 Å². The van der Waals surface area contributed by atoms with Crippen LogP contribution in [0.5, 0.6) is 11.5 Å². The van der Waals surface area contributed by atoms with Gasteiger partial charge in [-0.05, 0) is 73.9 Å². The van der Waals surface area contributed by atoms with E-state index in [9.17, 15) is 10.2 Å². The topological polar surface area (TPSA) is 65.4 Å². The van der Waals surface area contributed by atoms with E-state index in [1.807, 2.05) is 0 Å². The van der Waals surface area contributed by atoms with E-state index in [0.29, 0.717) is 13.5 Å². The highest BCUT2D eigenvalue weighted by Gasteiger charge is 2.38. The molecule has 196 valence electrons. The minimum Gasteiger partial charge on any atom is -0.478 e. The summed E-state index contributed by atoms with van der Waals surface area (Å²) >= 11 is 0. The number of ether oxygens (including phenoxy) is 2. The van der Waals surface area contributed by atoms with Gasteiger partial charge in [0.15, 0.2) is 0 Å². The first-order valence-corrected chi connectivity index (χ1v) is 13.7. The Balaban J connectivity index is 1.52. The number of fused-ring (bicyclic) bond motifs is 2. The minimum absolute atomic E-state index is 0.00141. The number of rotatable bonds is 8. The molecule has 2 aromatic rings. The van der Waals surface area contributed by atoms with Gasteiger partial charge in [-0.15, -0.1) is 0 Å². The molecule has 6 heteroatoms. The maximum absolute atomic E-state index is 9.29. The Labute approximate surface area is 215 Å². The first kappa shape index (κ1) is 25.5. The SMILES string of the molecule is Cc1cc(C2(c3cc(C)c4c(c3)CN(CCCO)CO4)CCCCC2)cc2c1OCN(CCCO)C2. The van der Waals surface area contributed by atoms with Crippen molar-refractivity contribution >= 4 is 0 Å². The average Bonchev–Trinajstić information content (AvgIpc) is 2.90. The zero-order valence-corrected chi connectivity index (χ0v) is 22.0. The highest BCUT2D eigenvalue weighted by atomic mass is 16.5. The molecule has 0 amide bonds. The molecule has 6 nitrogen and oxygen atoms in total. The Morgan fingerprint density at radius 1 is 0.722 bits per heavy atom. The van der Waals surface area contributed by atoms with Gasteiger partial charge in [0.1, 0.15) is 25.0 Å². The predicted octanol–water partition coefficient (Wildman–Crippen LogP) is 4.62. The van der Waals surface area contributed by atoms with E-state index in [1.165, 1.54) is 52.6 Å². The van der Waals surface area contributed by atoms with Gasteiger partial charge in [-0.25, -0.2) is 0 Å². The summed E-state index contributed by atoms with van der Waals surface area (Å²) in [6.45, 7) is 9.43. The van der Waals surface area contributed by atoms with Crippen LogP contribution >= 0.6 is 0 Å². The molecule has 0 unspecified atom stereocenters. The average molecular weight is 495 g/mol. The summed E-state index contributed by atoms with van der Waals surface area (Å²) < 4.78 is 12.4. The molecule has 1 saturated carbocycles. The second-order valence-corrected chi connectivity index (χ2v) is 11.0. The van der Waals surface area contributed by atoms with Crippen molar-refractivity contribution in [1.82, 2.24) is 9.80 Å². The molecule has 0 saturated heterocycles. The first-order valence-electron chi connectivity index (χ1n) is 13.7. The molecular formula is C30H42N2O4. The lowest BCUT2D eigenvalue weighted by molar-refractivity contribution is 0.0873. The molecule has 5 rings (SSSR count). The summed E-state index contributed by atoms with van der Waals surface area (Å²) in [7, 11) is 0. The van der Waals surface area contributed by atoms with Crippen molar-refractivity contribution in [3.05, 3.63) is 57.6 Å². The molecule has 0 aromatic heterocycles. The molecule has 1 aliphatic carbocycles. The summed E-state index contributed by atoms with van der Waals surface area (Å²) in [6.07, 6.45) is 7.64. The van der Waals surface area contributed by atoms with Gasteiger partial charge in [0.25, 0.3) is 0 Å². The first-order chi connectivity index (χ1) is 17.5. The fourth-order valence-electron chi connectivity index (χ4n) is 6.55. The number of aliphatic hydroxyl groups excluding tert-OH is 2. The number of aliphatic hydroxyl groups is 2. The Morgan fingerprint density at radius 2 is 1.19 bits per heavy atom. The summed E-state index contributed by atoms with van der Waals surface area (Å²) in [5, 5.41) is 18.6. The van der Waals surface area contributed by atoms with Crippen LogP contribution in [0.25, 0.3) is 0 Å². The van der Waals surface area contributed by atoms with Crippen LogP contribution in [0.3, 0.4) is 0 Å². The second-order valence-electron chi connectivity index (χ2n) is 11.0. The van der Waals surface area contributed by atoms with Crippen LogP contribution in [-0.4, -0.2) is 59.8 Å². The van der Waals surface area contributed by atoms with Crippen LogP contribution in [-0.2, 0) is 18.5 Å². The third-order valence-corrected chi connectivity index (χ3v) is 8.35. The molecule has 2 aliphatic heterocycles. The van der Waals surface area contributed by atoms with Crippen LogP contribution < -0.4 is 9.47 Å². The van der Waals surface area contributed by atoms with Crippen molar-refractivity contribution in [1.29, 1.82) is 0 Å². The number of nitrogens with zero attached hydrogens (tertiary/aromatic N) is 2. The maximum Gasteiger partial charge on any atom is 0.142 e. The van der Waals surface area contributed by atoms with Gasteiger partial charge in [0.05, 0.1) is 0 Å². The largest absolute Gasteiger partial charge is 0.478 e. The van der Waals surface area contributed by atoms with Gasteiger partial charge in [-0.1, -0.05) is 31.4 Å². The predicted molar refractivity (Wildman–Crippen MR) is 141 cm³/mol. The third kappa shape index (κ3) is 5.01. The van der Waals surface area contributed by atoms with Crippen LogP contribution in [0.4, 0.5) is 0 Å². The quantitative estimate of drug-likeness (QED) is 0.558. The van der Waals surface area contributed by atoms with Crippen molar-refractivity contribution in [2.45, 2.75) is 77.3 Å². The van der Waals surface area contributed by atoms with Crippen molar-refractivity contribution in [3.63, 3.8) is 0 Å². The monoisotopic (exact) mass is 494 g/mol. The smallest absolute Gasteiger partial charge is 0.142 e. The standard InChI is InChI=1S/C30H42N2O4/c1-22-14-26(16-24-18-31(10-6-12-33)20-35-28(22)24)30(8-4-3-5-9-30)27-15-23(2)29-25(17-27)19-32(21-36-29)11-7-13-34/h14-17,33-34H,3-13,18-21H2,1-2H3. The number of aryl methyl sites for hydroxylation is 2. The number of benzene rings is 2. The van der Waals surface area contributed by atoms with E-state index < -0.39 is 0 Å². The van der Waals surface area contributed by atoms with Crippen LogP contribution in [0.1, 0.15) is 78.3 Å². The summed E-state index contributed by atoms with van der Waals surface area (Å²) in [5.41, 5.74) is 7.82. The lowest BCUT2D eigenvalue weighted by Gasteiger charge is -2.41. The van der Waals surface area contributed by atoms with E-state index in [0.717, 1.165) is 63.4 Å². The molecule has 2 aromatic carbocycles. The molecule has 1 fully saturated rings. The van der Waals surface area contributed by atoms with E-state index in [-0.39, 0.29) is 18.6 Å². The zero-order valence-electron chi connectivity index (χ0n) is 22.0. The van der Waals surface area contributed by atoms with Gasteiger partial charge in [-0.3, -0.25) is 9.80 Å². The number of hydrogen-bond acceptors (Lipinski definition) is 6. The summed E-state index contributed by atoms with van der Waals surface area (Å²) in [4.78, 5) is 4.58. The molecule has 0 radical (unpaired) electrons. The van der Waals surface area contributed by atoms with Crippen molar-refractivity contribution in [2.24, 2.45) is 0 Å². The minimum atomic E-state index is -0.00141. The van der Waals surface area contributed by atoms with E-state index in [2.05, 4.69) is 47.9 Å². The zero-order chi connectivity index (χ0) is 25.1. The van der Waals surface area contributed by atoms with Gasteiger partial charge in [0.2, 0.25) is 0 Å². The lowest BCUT2D eigenvalue weighted by Crippen LogP contribution is -2.36. The maximum atomic E-state index is 9.29. The Bertz CT molecular complexity index is 986. The van der Waals surface area contributed by atoms with Crippen LogP contribution in [0, 0.1) is 13.8 Å². The molecule has 0 bridgehead atoms. The Hall–Kier alpha value is -2.12. The highest BCUT2D eigenvalue weighted by molar-refractivity contribution is 5.54. The second kappa shape index (κ2) is 11.1. The molecular weight excluding hydrogens is 452 g/mol. The Morgan fingerprint density at radius 3 is 1.64 bits per heavy atom. The fourth-order valence-corrected chi connectivity index (χ4v) is 6.55. The van der Waals surface area contributed by atoms with Crippen molar-refractivity contribution in [2.75, 3.05) is 39.8 Å². The van der Waals surface area contributed by atoms with Gasteiger partial charge < -0.3 is 19.7 Å². The van der Waals surface area contributed by atoms with Gasteiger partial charge in [0, 0.05) is 55.9 Å². The lowest BCUT2D eigenvalue weighted by atomic mass is 9.64. The van der Waals surface area contributed by atoms with Crippen molar-refractivity contribution in [3.8, 4) is 11.5 Å².